The van der Waals surface area contributed by atoms with E-state index in [0.717, 1.165) is 24.3 Å². The molecule has 0 aliphatic heterocycles. The zero-order chi connectivity index (χ0) is 16.8. The number of pyridine rings is 1. The van der Waals surface area contributed by atoms with E-state index >= 15 is 0 Å². The van der Waals surface area contributed by atoms with E-state index in [9.17, 15) is 0 Å². The maximum atomic E-state index is 5.13. The lowest BCUT2D eigenvalue weighted by molar-refractivity contribution is 0.185. The second-order valence-electron chi connectivity index (χ2n) is 5.77. The molecule has 5 nitrogen and oxygen atoms in total. The molecule has 3 aromatic rings. The topological polar surface area (TPSA) is 52.0 Å². The van der Waals surface area contributed by atoms with Gasteiger partial charge in [0.15, 0.2) is 0 Å². The van der Waals surface area contributed by atoms with E-state index in [1.807, 2.05) is 23.9 Å². The van der Waals surface area contributed by atoms with Crippen molar-refractivity contribution in [1.82, 2.24) is 20.1 Å². The van der Waals surface area contributed by atoms with Gasteiger partial charge in [-0.15, -0.1) is 0 Å². The number of ether oxygens (including phenoxy) is 1. The van der Waals surface area contributed by atoms with Crippen LogP contribution in [-0.4, -0.2) is 21.9 Å². The van der Waals surface area contributed by atoms with E-state index in [1.54, 1.807) is 19.5 Å². The summed E-state index contributed by atoms with van der Waals surface area (Å²) < 4.78 is 6.99. The molecule has 0 amide bonds. The summed E-state index contributed by atoms with van der Waals surface area (Å²) in [7, 11) is 3.66. The van der Waals surface area contributed by atoms with E-state index in [-0.39, 0.29) is 0 Å². The fourth-order valence-electron chi connectivity index (χ4n) is 2.68. The summed E-state index contributed by atoms with van der Waals surface area (Å²) in [6.07, 6.45) is 5.65. The van der Waals surface area contributed by atoms with E-state index < -0.39 is 0 Å². The molecule has 3 rings (SSSR count). The molecule has 0 saturated heterocycles. The molecule has 124 valence electrons. The van der Waals surface area contributed by atoms with Crippen molar-refractivity contribution < 1.29 is 4.74 Å². The Kier molecular flexibility index (Phi) is 5.36. The van der Waals surface area contributed by atoms with Gasteiger partial charge in [-0.05, 0) is 23.3 Å². The summed E-state index contributed by atoms with van der Waals surface area (Å²) in [6, 6.07) is 12.4. The average Bonchev–Trinajstić information content (AvgIpc) is 2.98. The zero-order valence-corrected chi connectivity index (χ0v) is 14.1. The van der Waals surface area contributed by atoms with Crippen LogP contribution >= 0.6 is 0 Å². The number of aryl methyl sites for hydroxylation is 1. The molecular weight excluding hydrogens is 300 g/mol. The van der Waals surface area contributed by atoms with Crippen LogP contribution in [0, 0.1) is 0 Å². The summed E-state index contributed by atoms with van der Waals surface area (Å²) in [4.78, 5) is 4.07. The normalized spacial score (nSPS) is 10.9. The first kappa shape index (κ1) is 16.4. The molecule has 0 spiro atoms. The van der Waals surface area contributed by atoms with Crippen LogP contribution in [0.3, 0.4) is 0 Å². The van der Waals surface area contributed by atoms with Gasteiger partial charge < -0.3 is 10.1 Å². The van der Waals surface area contributed by atoms with Gasteiger partial charge in [-0.3, -0.25) is 9.67 Å². The maximum Gasteiger partial charge on any atom is 0.0969 e. The van der Waals surface area contributed by atoms with Gasteiger partial charge in [0.05, 0.1) is 12.3 Å². The van der Waals surface area contributed by atoms with Gasteiger partial charge in [0.1, 0.15) is 0 Å². The molecular formula is C19H22N4O. The molecule has 24 heavy (non-hydrogen) atoms. The minimum absolute atomic E-state index is 0.651. The summed E-state index contributed by atoms with van der Waals surface area (Å²) in [5.41, 5.74) is 5.71. The summed E-state index contributed by atoms with van der Waals surface area (Å²) in [5.74, 6) is 0. The molecule has 0 atom stereocenters. The molecule has 1 aromatic carbocycles. The van der Waals surface area contributed by atoms with Crippen molar-refractivity contribution in [1.29, 1.82) is 0 Å². The van der Waals surface area contributed by atoms with Crippen LogP contribution in [0.1, 0.15) is 16.7 Å². The third kappa shape index (κ3) is 4.07. The van der Waals surface area contributed by atoms with Gasteiger partial charge in [-0.1, -0.05) is 24.3 Å². The highest BCUT2D eigenvalue weighted by Crippen LogP contribution is 2.21. The first-order chi connectivity index (χ1) is 11.8. The molecule has 2 aromatic heterocycles. The van der Waals surface area contributed by atoms with Crippen LogP contribution in [0.25, 0.3) is 11.3 Å². The minimum Gasteiger partial charge on any atom is -0.380 e. The quantitative estimate of drug-likeness (QED) is 0.727. The number of hydrogen-bond acceptors (Lipinski definition) is 4. The number of nitrogens with zero attached hydrogens (tertiary/aromatic N) is 3. The Morgan fingerprint density at radius 3 is 2.42 bits per heavy atom. The third-order valence-corrected chi connectivity index (χ3v) is 3.84. The molecule has 0 aliphatic rings. The van der Waals surface area contributed by atoms with Crippen LogP contribution in [0.15, 0.2) is 55.0 Å². The van der Waals surface area contributed by atoms with Gasteiger partial charge in [0, 0.05) is 57.0 Å². The van der Waals surface area contributed by atoms with E-state index in [1.165, 1.54) is 16.7 Å². The molecule has 0 fully saturated rings. The van der Waals surface area contributed by atoms with Crippen molar-refractivity contribution in [2.75, 3.05) is 7.11 Å². The molecule has 5 heteroatoms. The van der Waals surface area contributed by atoms with Crippen molar-refractivity contribution in [3.63, 3.8) is 0 Å². The number of aromatic nitrogens is 3. The lowest BCUT2D eigenvalue weighted by atomic mass is 10.1. The lowest BCUT2D eigenvalue weighted by Crippen LogP contribution is -2.12. The Balaban J connectivity index is 1.63. The van der Waals surface area contributed by atoms with Crippen molar-refractivity contribution >= 4 is 0 Å². The lowest BCUT2D eigenvalue weighted by Gasteiger charge is -2.07. The molecule has 0 saturated carbocycles. The van der Waals surface area contributed by atoms with Crippen LogP contribution in [-0.2, 0) is 31.5 Å². The zero-order valence-electron chi connectivity index (χ0n) is 14.1. The van der Waals surface area contributed by atoms with Crippen LogP contribution < -0.4 is 5.32 Å². The largest absolute Gasteiger partial charge is 0.380 e. The molecule has 0 radical (unpaired) electrons. The van der Waals surface area contributed by atoms with Gasteiger partial charge in [0.25, 0.3) is 0 Å². The Morgan fingerprint density at radius 1 is 1.00 bits per heavy atom. The Labute approximate surface area is 142 Å². The second-order valence-corrected chi connectivity index (χ2v) is 5.77. The highest BCUT2D eigenvalue weighted by molar-refractivity contribution is 5.61. The van der Waals surface area contributed by atoms with E-state index in [0.29, 0.717) is 6.61 Å². The summed E-state index contributed by atoms with van der Waals surface area (Å²) in [6.45, 7) is 2.24. The highest BCUT2D eigenvalue weighted by atomic mass is 16.5. The monoisotopic (exact) mass is 322 g/mol. The Morgan fingerprint density at radius 2 is 1.71 bits per heavy atom. The number of methoxy groups -OCH3 is 1. The van der Waals surface area contributed by atoms with E-state index in [2.05, 4.69) is 45.9 Å². The van der Waals surface area contributed by atoms with Crippen molar-refractivity contribution in [3.05, 3.63) is 71.7 Å². The Hall–Kier alpha value is -2.50. The molecule has 2 heterocycles. The molecule has 0 aliphatic carbocycles. The first-order valence-electron chi connectivity index (χ1n) is 7.96. The molecule has 0 bridgehead atoms. The third-order valence-electron chi connectivity index (χ3n) is 3.84. The van der Waals surface area contributed by atoms with Gasteiger partial charge in [0.2, 0.25) is 0 Å². The predicted molar refractivity (Wildman–Crippen MR) is 94.1 cm³/mol. The van der Waals surface area contributed by atoms with Crippen LogP contribution in [0.2, 0.25) is 0 Å². The van der Waals surface area contributed by atoms with Crippen molar-refractivity contribution in [2.45, 2.75) is 19.7 Å². The average molecular weight is 322 g/mol. The SMILES string of the molecule is COCc1ccc(CNCc2cn(C)nc2-c2ccncc2)cc1. The number of rotatable bonds is 7. The van der Waals surface area contributed by atoms with Gasteiger partial charge in [-0.25, -0.2) is 0 Å². The summed E-state index contributed by atoms with van der Waals surface area (Å²) >= 11 is 0. The minimum atomic E-state index is 0.651. The Bertz CT molecular complexity index is 766. The standard InChI is InChI=1S/C19H22N4O/c1-23-13-18(19(22-23)17-7-9-20-10-8-17)12-21-11-15-3-5-16(6-4-15)14-24-2/h3-10,13,21H,11-12,14H2,1-2H3. The fourth-order valence-corrected chi connectivity index (χ4v) is 2.68. The van der Waals surface area contributed by atoms with Crippen molar-refractivity contribution in [3.8, 4) is 11.3 Å². The van der Waals surface area contributed by atoms with Crippen molar-refractivity contribution in [2.24, 2.45) is 7.05 Å². The van der Waals surface area contributed by atoms with Gasteiger partial charge >= 0.3 is 0 Å². The highest BCUT2D eigenvalue weighted by Gasteiger charge is 2.09. The smallest absolute Gasteiger partial charge is 0.0969 e. The first-order valence-corrected chi connectivity index (χ1v) is 7.96. The second kappa shape index (κ2) is 7.86. The van der Waals surface area contributed by atoms with Gasteiger partial charge in [-0.2, -0.15) is 5.10 Å². The predicted octanol–water partition coefficient (Wildman–Crippen LogP) is 2.92. The van der Waals surface area contributed by atoms with Crippen LogP contribution in [0.5, 0.6) is 0 Å². The molecule has 1 N–H and O–H groups in total. The number of hydrogen-bond donors (Lipinski definition) is 1. The van der Waals surface area contributed by atoms with E-state index in [4.69, 9.17) is 4.74 Å². The number of nitrogens with one attached hydrogen (secondary N) is 1. The number of benzene rings is 1. The van der Waals surface area contributed by atoms with Crippen LogP contribution in [0.4, 0.5) is 0 Å². The summed E-state index contributed by atoms with van der Waals surface area (Å²) in [5, 5.41) is 8.07. The maximum absolute atomic E-state index is 5.13. The fraction of sp³-hybridized carbons (Fsp3) is 0.263. The molecule has 0 unspecified atom stereocenters.